The van der Waals surface area contributed by atoms with Crippen LogP contribution in [0.2, 0.25) is 10.2 Å². The molecule has 2 aromatic carbocycles. The molecular formula is C28H22Cl2FN5O. The molecule has 0 spiro atoms. The van der Waals surface area contributed by atoms with Crippen molar-refractivity contribution >= 4 is 46.2 Å². The first-order valence-corrected chi connectivity index (χ1v) is 12.5. The lowest BCUT2D eigenvalue weighted by atomic mass is 10.0. The maximum atomic E-state index is 13.4. The van der Waals surface area contributed by atoms with Crippen LogP contribution in [0.5, 0.6) is 0 Å². The van der Waals surface area contributed by atoms with Crippen molar-refractivity contribution in [3.8, 4) is 6.07 Å². The number of nitriles is 1. The zero-order chi connectivity index (χ0) is 25.9. The fourth-order valence-corrected chi connectivity index (χ4v) is 5.07. The van der Waals surface area contributed by atoms with E-state index < -0.39 is 0 Å². The molecule has 3 heterocycles. The van der Waals surface area contributed by atoms with Crippen LogP contribution < -0.4 is 5.32 Å². The summed E-state index contributed by atoms with van der Waals surface area (Å²) in [6.45, 7) is 2.38. The summed E-state index contributed by atoms with van der Waals surface area (Å²) >= 11 is 12.1. The standard InChI is InChI=1S/C28H22Cl2FN5O/c29-24-14-21(31)5-4-20(24)2-1-10-35-11-8-25-23(17-35)22-6-3-18(15-32)12-26(22)36(25)28(37)34-16-19-7-9-33-27(30)13-19/h1-7,9,12-14H,8,10-11,16-17H2,(H,34,37)/b2-1+. The first kappa shape index (κ1) is 25.0. The largest absolute Gasteiger partial charge is 0.333 e. The average Bonchev–Trinajstić information content (AvgIpc) is 3.21. The molecule has 1 N–H and O–H groups in total. The van der Waals surface area contributed by atoms with Crippen LogP contribution in [-0.4, -0.2) is 33.6 Å². The van der Waals surface area contributed by atoms with Crippen LogP contribution in [0.3, 0.4) is 0 Å². The lowest BCUT2D eigenvalue weighted by molar-refractivity contribution is 0.240. The van der Waals surface area contributed by atoms with Crippen molar-refractivity contribution in [2.45, 2.75) is 19.5 Å². The number of benzene rings is 2. The summed E-state index contributed by atoms with van der Waals surface area (Å²) in [6, 6.07) is 15.2. The number of hydrogen-bond acceptors (Lipinski definition) is 4. The van der Waals surface area contributed by atoms with Gasteiger partial charge in [-0.2, -0.15) is 5.26 Å². The number of rotatable bonds is 5. The highest BCUT2D eigenvalue weighted by molar-refractivity contribution is 6.32. The van der Waals surface area contributed by atoms with Gasteiger partial charge in [-0.3, -0.25) is 9.47 Å². The summed E-state index contributed by atoms with van der Waals surface area (Å²) in [5.74, 6) is -0.365. The number of pyridine rings is 1. The smallest absolute Gasteiger partial charge is 0.326 e. The third kappa shape index (κ3) is 5.37. The molecule has 5 rings (SSSR count). The molecule has 9 heteroatoms. The quantitative estimate of drug-likeness (QED) is 0.310. The number of nitrogens with zero attached hydrogens (tertiary/aromatic N) is 4. The zero-order valence-corrected chi connectivity index (χ0v) is 21.2. The van der Waals surface area contributed by atoms with E-state index in [0.29, 0.717) is 47.3 Å². The van der Waals surface area contributed by atoms with Crippen molar-refractivity contribution in [3.63, 3.8) is 0 Å². The second kappa shape index (κ2) is 10.7. The molecule has 0 fully saturated rings. The fourth-order valence-electron chi connectivity index (χ4n) is 4.65. The first-order valence-electron chi connectivity index (χ1n) is 11.7. The topological polar surface area (TPSA) is 74.0 Å². The van der Waals surface area contributed by atoms with Crippen molar-refractivity contribution < 1.29 is 9.18 Å². The SMILES string of the molecule is N#Cc1ccc2c3c(n(C(=O)NCc4ccnc(Cl)c4)c2c1)CCN(C/C=C/c1ccc(F)cc1Cl)C3. The third-order valence-corrected chi connectivity index (χ3v) is 6.95. The number of aromatic nitrogens is 2. The van der Waals surface area contributed by atoms with Crippen LogP contribution in [0.4, 0.5) is 9.18 Å². The molecule has 0 saturated heterocycles. The highest BCUT2D eigenvalue weighted by atomic mass is 35.5. The van der Waals surface area contributed by atoms with Gasteiger partial charge in [0.25, 0.3) is 0 Å². The van der Waals surface area contributed by atoms with E-state index in [4.69, 9.17) is 23.2 Å². The van der Waals surface area contributed by atoms with Gasteiger partial charge >= 0.3 is 6.03 Å². The Morgan fingerprint density at radius 1 is 1.19 bits per heavy atom. The van der Waals surface area contributed by atoms with Crippen molar-refractivity contribution in [2.75, 3.05) is 13.1 Å². The van der Waals surface area contributed by atoms with Crippen LogP contribution in [0.25, 0.3) is 17.0 Å². The van der Waals surface area contributed by atoms with Gasteiger partial charge in [0.1, 0.15) is 11.0 Å². The number of nitrogens with one attached hydrogen (secondary N) is 1. The molecule has 0 radical (unpaired) electrons. The molecule has 37 heavy (non-hydrogen) atoms. The van der Waals surface area contributed by atoms with E-state index in [1.165, 1.54) is 12.1 Å². The summed E-state index contributed by atoms with van der Waals surface area (Å²) in [5.41, 5.74) is 4.82. The molecule has 0 saturated carbocycles. The molecule has 2 aromatic heterocycles. The number of fused-ring (bicyclic) bond motifs is 3. The molecular weight excluding hydrogens is 512 g/mol. The number of carbonyl (C=O) groups is 1. The molecule has 186 valence electrons. The maximum Gasteiger partial charge on any atom is 0.326 e. The Kier molecular flexibility index (Phi) is 7.24. The van der Waals surface area contributed by atoms with Gasteiger partial charge in [0, 0.05) is 49.9 Å². The van der Waals surface area contributed by atoms with Crippen molar-refractivity contribution in [1.82, 2.24) is 19.8 Å². The first-order chi connectivity index (χ1) is 17.9. The van der Waals surface area contributed by atoms with Gasteiger partial charge in [0.2, 0.25) is 0 Å². The molecule has 4 aromatic rings. The van der Waals surface area contributed by atoms with Gasteiger partial charge in [-0.1, -0.05) is 47.5 Å². The van der Waals surface area contributed by atoms with Crippen LogP contribution >= 0.6 is 23.2 Å². The third-order valence-electron chi connectivity index (χ3n) is 6.42. The van der Waals surface area contributed by atoms with Crippen molar-refractivity contribution in [3.05, 3.63) is 105 Å². The molecule has 1 amide bonds. The lowest BCUT2D eigenvalue weighted by Crippen LogP contribution is -2.34. The summed E-state index contributed by atoms with van der Waals surface area (Å²) < 4.78 is 15.0. The minimum absolute atomic E-state index is 0.256. The van der Waals surface area contributed by atoms with Gasteiger partial charge in [0.05, 0.1) is 22.2 Å². The Hall–Kier alpha value is -3.70. The number of halogens is 3. The molecule has 1 aliphatic rings. The molecule has 1 aliphatic heterocycles. The van der Waals surface area contributed by atoms with E-state index in [-0.39, 0.29) is 11.8 Å². The minimum Gasteiger partial charge on any atom is -0.333 e. The highest BCUT2D eigenvalue weighted by Crippen LogP contribution is 2.32. The van der Waals surface area contributed by atoms with Crippen LogP contribution in [-0.2, 0) is 19.5 Å². The molecule has 0 unspecified atom stereocenters. The van der Waals surface area contributed by atoms with Gasteiger partial charge < -0.3 is 5.32 Å². The summed E-state index contributed by atoms with van der Waals surface area (Å²) in [4.78, 5) is 19.6. The predicted molar refractivity (Wildman–Crippen MR) is 143 cm³/mol. The van der Waals surface area contributed by atoms with Gasteiger partial charge in [0.15, 0.2) is 0 Å². The predicted octanol–water partition coefficient (Wildman–Crippen LogP) is 6.18. The van der Waals surface area contributed by atoms with Crippen LogP contribution in [0, 0.1) is 17.1 Å². The fraction of sp³-hybridized carbons (Fsp3) is 0.179. The Balaban J connectivity index is 1.39. The summed E-state index contributed by atoms with van der Waals surface area (Å²) in [7, 11) is 0. The van der Waals surface area contributed by atoms with Crippen LogP contribution in [0.15, 0.2) is 60.8 Å². The number of hydrogen-bond donors (Lipinski definition) is 1. The van der Waals surface area contributed by atoms with Gasteiger partial charge in [-0.25, -0.2) is 14.2 Å². The maximum absolute atomic E-state index is 13.4. The molecule has 6 nitrogen and oxygen atoms in total. The Bertz CT molecular complexity index is 1570. The minimum atomic E-state index is -0.365. The van der Waals surface area contributed by atoms with E-state index in [1.54, 1.807) is 41.1 Å². The zero-order valence-electron chi connectivity index (χ0n) is 19.7. The van der Waals surface area contributed by atoms with Crippen LogP contribution in [0.1, 0.15) is 27.9 Å². The molecule has 0 bridgehead atoms. The van der Waals surface area contributed by atoms with E-state index >= 15 is 0 Å². The Morgan fingerprint density at radius 3 is 2.84 bits per heavy atom. The highest BCUT2D eigenvalue weighted by Gasteiger charge is 2.26. The summed E-state index contributed by atoms with van der Waals surface area (Å²) in [6.07, 6.45) is 6.16. The molecule has 0 atom stereocenters. The van der Waals surface area contributed by atoms with Gasteiger partial charge in [-0.05, 0) is 53.1 Å². The number of amides is 1. The average molecular weight is 534 g/mol. The van der Waals surface area contributed by atoms with E-state index in [0.717, 1.165) is 34.3 Å². The second-order valence-electron chi connectivity index (χ2n) is 8.80. The van der Waals surface area contributed by atoms with Gasteiger partial charge in [-0.15, -0.1) is 0 Å². The lowest BCUT2D eigenvalue weighted by Gasteiger charge is -2.27. The van der Waals surface area contributed by atoms with E-state index in [2.05, 4.69) is 21.3 Å². The van der Waals surface area contributed by atoms with Crippen molar-refractivity contribution in [1.29, 1.82) is 5.26 Å². The summed E-state index contributed by atoms with van der Waals surface area (Å²) in [5, 5.41) is 14.1. The monoisotopic (exact) mass is 533 g/mol. The Labute approximate surface area is 223 Å². The van der Waals surface area contributed by atoms with E-state index in [1.807, 2.05) is 18.2 Å². The molecule has 0 aliphatic carbocycles. The Morgan fingerprint density at radius 2 is 2.05 bits per heavy atom. The van der Waals surface area contributed by atoms with Crippen molar-refractivity contribution in [2.24, 2.45) is 0 Å². The van der Waals surface area contributed by atoms with E-state index in [9.17, 15) is 14.4 Å². The normalized spacial score (nSPS) is 13.6. The number of carbonyl (C=O) groups excluding carboxylic acids is 1. The second-order valence-corrected chi connectivity index (χ2v) is 9.60.